The number of hydrogen-bond donors (Lipinski definition) is 2. The fraction of sp³-hybridized carbons (Fsp3) is 0. The minimum absolute atomic E-state index is 1.14. The zero-order valence-electron chi connectivity index (χ0n) is 5.54. The lowest BCUT2D eigenvalue weighted by Crippen LogP contribution is -1.63. The molecule has 11 heavy (non-hydrogen) atoms. The third-order valence-corrected chi connectivity index (χ3v) is 5.17. The second kappa shape index (κ2) is 4.24. The van der Waals surface area contributed by atoms with Gasteiger partial charge in [-0.2, -0.15) is 0 Å². The average molecular weight is 238 g/mol. The molecule has 0 fully saturated rings. The Labute approximate surface area is 86.2 Å². The highest BCUT2D eigenvalue weighted by atomic mass is 33.5. The highest BCUT2D eigenvalue weighted by Gasteiger charge is 2.05. The number of rotatable bonds is 2. The van der Waals surface area contributed by atoms with Gasteiger partial charge in [-0.1, -0.05) is 41.4 Å². The fourth-order valence-corrected chi connectivity index (χ4v) is 4.83. The highest BCUT2D eigenvalue weighted by Crippen LogP contribution is 2.69. The molecule has 0 aliphatic carbocycles. The van der Waals surface area contributed by atoms with Gasteiger partial charge in [0.25, 0.3) is 0 Å². The van der Waals surface area contributed by atoms with Crippen LogP contribution in [-0.2, 0) is 11.8 Å². The first kappa shape index (κ1) is 10.0. The van der Waals surface area contributed by atoms with Crippen LogP contribution in [0.4, 0.5) is 0 Å². The minimum atomic E-state index is -1.75. The van der Waals surface area contributed by atoms with Crippen molar-refractivity contribution in [1.29, 1.82) is 0 Å². The van der Waals surface area contributed by atoms with Crippen LogP contribution >= 0.6 is 39.5 Å². The Kier molecular flexibility index (Phi) is 3.86. The van der Waals surface area contributed by atoms with Crippen LogP contribution in [0.1, 0.15) is 0 Å². The van der Waals surface area contributed by atoms with E-state index in [2.05, 4.69) is 24.5 Å². The molecule has 0 saturated carbocycles. The summed E-state index contributed by atoms with van der Waals surface area (Å²) >= 11 is 15.1. The zero-order chi connectivity index (χ0) is 8.32. The lowest BCUT2D eigenvalue weighted by atomic mass is 10.4. The van der Waals surface area contributed by atoms with Crippen LogP contribution in [0, 0.1) is 0 Å². The Bertz CT molecular complexity index is 265. The Balaban J connectivity index is 2.74. The maximum Gasteiger partial charge on any atom is 0.108 e. The minimum Gasteiger partial charge on any atom is -0.121 e. The van der Waals surface area contributed by atoms with Crippen molar-refractivity contribution in [3.05, 3.63) is 30.3 Å². The van der Waals surface area contributed by atoms with Crippen molar-refractivity contribution >= 4 is 51.3 Å². The van der Waals surface area contributed by atoms with Crippen LogP contribution < -0.4 is 0 Å². The lowest BCUT2D eigenvalue weighted by Gasteiger charge is -2.05. The van der Waals surface area contributed by atoms with Gasteiger partial charge in [0.1, 0.15) is 3.64 Å². The van der Waals surface area contributed by atoms with E-state index in [0.29, 0.717) is 0 Å². The number of thiol groups is 2. The monoisotopic (exact) mass is 238 g/mol. The number of hydrogen-bond acceptors (Lipinski definition) is 2. The molecule has 1 aromatic carbocycles. The molecule has 5 heteroatoms. The molecule has 0 amide bonds. The van der Waals surface area contributed by atoms with E-state index >= 15 is 0 Å². The van der Waals surface area contributed by atoms with Crippen molar-refractivity contribution < 1.29 is 0 Å². The van der Waals surface area contributed by atoms with Gasteiger partial charge in [0.2, 0.25) is 0 Å². The maximum absolute atomic E-state index is 5.07. The van der Waals surface area contributed by atoms with E-state index in [1.165, 1.54) is 0 Å². The Morgan fingerprint density at radius 1 is 1.18 bits per heavy atom. The van der Waals surface area contributed by atoms with Gasteiger partial charge in [-0.25, -0.2) is 0 Å². The number of benzene rings is 1. The molecule has 0 atom stereocenters. The quantitative estimate of drug-likeness (QED) is 0.593. The second-order valence-electron chi connectivity index (χ2n) is 1.89. The van der Waals surface area contributed by atoms with Crippen LogP contribution in [0.25, 0.3) is 0 Å². The average Bonchev–Trinajstić information content (AvgIpc) is 1.85. The summed E-state index contributed by atoms with van der Waals surface area (Å²) in [6.45, 7) is 0. The van der Waals surface area contributed by atoms with Gasteiger partial charge in [0, 0.05) is 4.90 Å². The predicted molar refractivity (Wildman–Crippen MR) is 64.6 cm³/mol. The van der Waals surface area contributed by atoms with Gasteiger partial charge in [0.15, 0.2) is 0 Å². The molecule has 0 heterocycles. The summed E-state index contributed by atoms with van der Waals surface area (Å²) < 4.78 is -1.75. The molecule has 60 valence electrons. The summed E-state index contributed by atoms with van der Waals surface area (Å²) in [5.74, 6) is 0. The van der Waals surface area contributed by atoms with Crippen molar-refractivity contribution in [2.75, 3.05) is 0 Å². The molecular formula is C6H7PS4. The van der Waals surface area contributed by atoms with Crippen molar-refractivity contribution in [3.8, 4) is 0 Å². The van der Waals surface area contributed by atoms with Crippen molar-refractivity contribution in [2.45, 2.75) is 4.90 Å². The first-order chi connectivity index (χ1) is 5.08. The fourth-order valence-electron chi connectivity index (χ4n) is 0.619. The van der Waals surface area contributed by atoms with Crippen LogP contribution in [0.15, 0.2) is 35.2 Å². The van der Waals surface area contributed by atoms with Gasteiger partial charge in [-0.05, 0) is 12.1 Å². The lowest BCUT2D eigenvalue weighted by molar-refractivity contribution is 1.48. The molecule has 1 rings (SSSR count). The Hall–Kier alpha value is 0.920. The van der Waals surface area contributed by atoms with Crippen LogP contribution in [-0.4, -0.2) is 0 Å². The van der Waals surface area contributed by atoms with Gasteiger partial charge in [-0.3, -0.25) is 0 Å². The van der Waals surface area contributed by atoms with Crippen LogP contribution in [0.5, 0.6) is 0 Å². The van der Waals surface area contributed by atoms with Gasteiger partial charge >= 0.3 is 0 Å². The van der Waals surface area contributed by atoms with Gasteiger partial charge < -0.3 is 0 Å². The largest absolute Gasteiger partial charge is 0.121 e. The molecule has 0 aliphatic heterocycles. The summed E-state index contributed by atoms with van der Waals surface area (Å²) in [4.78, 5) is 1.14. The first-order valence-corrected chi connectivity index (χ1v) is 9.41. The summed E-state index contributed by atoms with van der Waals surface area (Å²) in [6, 6.07) is 9.96. The molecule has 0 spiro atoms. The van der Waals surface area contributed by atoms with E-state index in [-0.39, 0.29) is 0 Å². The normalized spacial score (nSPS) is 11.5. The Morgan fingerprint density at radius 2 is 1.73 bits per heavy atom. The molecular weight excluding hydrogens is 231 g/mol. The van der Waals surface area contributed by atoms with E-state index in [4.69, 9.17) is 11.8 Å². The smallest absolute Gasteiger partial charge is 0.108 e. The maximum atomic E-state index is 5.07. The van der Waals surface area contributed by atoms with Crippen LogP contribution in [0.3, 0.4) is 0 Å². The zero-order valence-corrected chi connectivity index (χ0v) is 9.86. The van der Waals surface area contributed by atoms with Gasteiger partial charge in [-0.15, -0.1) is 24.5 Å². The predicted octanol–water partition coefficient (Wildman–Crippen LogP) is 3.86. The second-order valence-corrected chi connectivity index (χ2v) is 15.9. The molecule has 0 N–H and O–H groups in total. The summed E-state index contributed by atoms with van der Waals surface area (Å²) in [5.41, 5.74) is 0. The molecule has 0 radical (unpaired) electrons. The van der Waals surface area contributed by atoms with E-state index in [0.717, 1.165) is 4.90 Å². The van der Waals surface area contributed by atoms with E-state index < -0.39 is 3.64 Å². The Morgan fingerprint density at radius 3 is 2.18 bits per heavy atom. The van der Waals surface area contributed by atoms with E-state index in [1.54, 1.807) is 11.4 Å². The SMILES string of the molecule is S=P(S)(S)Sc1ccccc1. The molecule has 1 aromatic rings. The van der Waals surface area contributed by atoms with Crippen molar-refractivity contribution in [3.63, 3.8) is 0 Å². The standard InChI is InChI=1S/C6H7PS4/c8-7(9,10)11-6-4-2-1-3-5-6/h1-5H,(H2,8,9,10). The molecule has 0 nitrogen and oxygen atoms in total. The molecule has 0 unspecified atom stereocenters. The summed E-state index contributed by atoms with van der Waals surface area (Å²) in [7, 11) is 0. The topological polar surface area (TPSA) is 0 Å². The van der Waals surface area contributed by atoms with E-state index in [1.807, 2.05) is 30.3 Å². The summed E-state index contributed by atoms with van der Waals surface area (Å²) in [5, 5.41) is 0. The van der Waals surface area contributed by atoms with Crippen molar-refractivity contribution in [2.24, 2.45) is 0 Å². The third kappa shape index (κ3) is 4.48. The van der Waals surface area contributed by atoms with E-state index in [9.17, 15) is 0 Å². The molecule has 0 aliphatic rings. The molecule has 0 aromatic heterocycles. The molecule has 0 saturated heterocycles. The van der Waals surface area contributed by atoms with Crippen LogP contribution in [0.2, 0.25) is 0 Å². The third-order valence-electron chi connectivity index (χ3n) is 0.968. The van der Waals surface area contributed by atoms with Crippen molar-refractivity contribution in [1.82, 2.24) is 0 Å². The highest BCUT2D eigenvalue weighted by molar-refractivity contribution is 9.17. The summed E-state index contributed by atoms with van der Waals surface area (Å²) in [6.07, 6.45) is 0. The van der Waals surface area contributed by atoms with Gasteiger partial charge in [0.05, 0.1) is 0 Å². The first-order valence-electron chi connectivity index (χ1n) is 2.88. The molecule has 0 bridgehead atoms.